The number of ketones is 1. The first kappa shape index (κ1) is 23.0. The lowest BCUT2D eigenvalue weighted by Gasteiger charge is -2.14. The maximum absolute atomic E-state index is 12.8. The van der Waals surface area contributed by atoms with Crippen LogP contribution in [0.5, 0.6) is 0 Å². The first-order chi connectivity index (χ1) is 13.9. The molecule has 0 bridgehead atoms. The summed E-state index contributed by atoms with van der Waals surface area (Å²) in [5.74, 6) is -0.816. The highest BCUT2D eigenvalue weighted by atomic mass is 79.9. The molecule has 1 aliphatic carbocycles. The van der Waals surface area contributed by atoms with E-state index in [4.69, 9.17) is 28.9 Å². The standard InChI is InChI=1S/C21H17Cl2N3O2S.BrH/c22-12-7-8-13(15(23)10-12)17(27)11-26-9-3-4-14(19(26)20(24)28)21-25-16-5-1-2-6-18(16)29-21;/h1-4,6-10,16,21,25H,5,11H2,(H-,24,28);1H. The Morgan fingerprint density at radius 3 is 2.77 bits per heavy atom. The number of rotatable bonds is 5. The van der Waals surface area contributed by atoms with E-state index in [1.807, 2.05) is 18.2 Å². The second-order valence-electron chi connectivity index (χ2n) is 6.80. The summed E-state index contributed by atoms with van der Waals surface area (Å²) < 4.78 is 1.59. The van der Waals surface area contributed by atoms with E-state index < -0.39 is 5.91 Å². The Balaban J connectivity index is 0.00000256. The minimum absolute atomic E-state index is 0. The van der Waals surface area contributed by atoms with E-state index in [1.165, 1.54) is 11.0 Å². The van der Waals surface area contributed by atoms with E-state index in [0.29, 0.717) is 16.3 Å². The van der Waals surface area contributed by atoms with E-state index in [1.54, 1.807) is 34.7 Å². The van der Waals surface area contributed by atoms with Gasteiger partial charge >= 0.3 is 5.91 Å². The monoisotopic (exact) mass is 525 g/mol. The van der Waals surface area contributed by atoms with Gasteiger partial charge in [-0.2, -0.15) is 4.57 Å². The molecule has 1 saturated heterocycles. The normalized spacial score (nSPS) is 19.6. The van der Waals surface area contributed by atoms with Crippen LogP contribution in [0.4, 0.5) is 0 Å². The molecule has 1 aliphatic heterocycles. The maximum Gasteiger partial charge on any atom is 0.313 e. The second kappa shape index (κ2) is 9.66. The molecule has 5 nitrogen and oxygen atoms in total. The van der Waals surface area contributed by atoms with Crippen molar-refractivity contribution < 1.29 is 31.1 Å². The Hall–Kier alpha value is -1.64. The van der Waals surface area contributed by atoms with Gasteiger partial charge in [0.15, 0.2) is 6.20 Å². The third kappa shape index (κ3) is 4.65. The van der Waals surface area contributed by atoms with Crippen LogP contribution < -0.4 is 32.6 Å². The van der Waals surface area contributed by atoms with Gasteiger partial charge in [0.05, 0.1) is 16.0 Å². The Bertz CT molecular complexity index is 1070. The summed E-state index contributed by atoms with van der Waals surface area (Å²) in [5.41, 5.74) is 7.13. The number of fused-ring (bicyclic) bond motifs is 1. The third-order valence-electron chi connectivity index (χ3n) is 4.88. The lowest BCUT2D eigenvalue weighted by Crippen LogP contribution is -3.00. The highest BCUT2D eigenvalue weighted by Gasteiger charge is 2.36. The third-order valence-corrected chi connectivity index (χ3v) is 6.75. The molecule has 2 heterocycles. The number of aromatic nitrogens is 1. The smallest absolute Gasteiger partial charge is 0.313 e. The van der Waals surface area contributed by atoms with Crippen molar-refractivity contribution in [3.8, 4) is 0 Å². The number of carbonyl (C=O) groups excluding carboxylic acids is 2. The summed E-state index contributed by atoms with van der Waals surface area (Å²) in [6, 6.07) is 8.63. The van der Waals surface area contributed by atoms with Crippen molar-refractivity contribution in [2.45, 2.75) is 24.4 Å². The number of thioether (sulfide) groups is 1. The van der Waals surface area contributed by atoms with Gasteiger partial charge in [-0.1, -0.05) is 41.4 Å². The molecule has 2 aromatic rings. The number of carbonyl (C=O) groups is 2. The summed E-state index contributed by atoms with van der Waals surface area (Å²) in [6.07, 6.45) is 8.82. The zero-order chi connectivity index (χ0) is 20.5. The molecule has 4 rings (SSSR count). The minimum atomic E-state index is -0.583. The molecule has 3 N–H and O–H groups in total. The number of allylic oxidation sites excluding steroid dienone is 2. The van der Waals surface area contributed by atoms with Crippen molar-refractivity contribution in [3.05, 3.63) is 86.5 Å². The number of halogens is 3. The number of Topliss-reactive ketones (excluding diaryl/α,β-unsaturated/α-hetero) is 1. The predicted octanol–water partition coefficient (Wildman–Crippen LogP) is 0.814. The van der Waals surface area contributed by atoms with Crippen LogP contribution in [0.15, 0.2) is 59.7 Å². The van der Waals surface area contributed by atoms with Crippen molar-refractivity contribution in [2.24, 2.45) is 5.73 Å². The molecule has 1 aromatic carbocycles. The molecule has 0 saturated carbocycles. The van der Waals surface area contributed by atoms with Gasteiger partial charge in [0.1, 0.15) is 0 Å². The second-order valence-corrected chi connectivity index (χ2v) is 8.82. The molecule has 2 unspecified atom stereocenters. The number of benzene rings is 1. The van der Waals surface area contributed by atoms with Crippen LogP contribution in [-0.4, -0.2) is 17.7 Å². The maximum atomic E-state index is 12.8. The zero-order valence-electron chi connectivity index (χ0n) is 15.6. The summed E-state index contributed by atoms with van der Waals surface area (Å²) in [5, 5.41) is 4.15. The molecule has 0 spiro atoms. The molecule has 0 radical (unpaired) electrons. The Morgan fingerprint density at radius 1 is 1.27 bits per heavy atom. The van der Waals surface area contributed by atoms with Crippen LogP contribution in [-0.2, 0) is 6.54 Å². The van der Waals surface area contributed by atoms with Crippen molar-refractivity contribution in [1.82, 2.24) is 5.32 Å². The van der Waals surface area contributed by atoms with Gasteiger partial charge in [-0.05, 0) is 30.7 Å². The van der Waals surface area contributed by atoms with Gasteiger partial charge in [0.2, 0.25) is 12.3 Å². The van der Waals surface area contributed by atoms with E-state index >= 15 is 0 Å². The fourth-order valence-electron chi connectivity index (χ4n) is 3.54. The van der Waals surface area contributed by atoms with Gasteiger partial charge in [0.25, 0.3) is 5.69 Å². The van der Waals surface area contributed by atoms with Gasteiger partial charge in [0, 0.05) is 27.6 Å². The molecular weight excluding hydrogens is 509 g/mol. The largest absolute Gasteiger partial charge is 1.00 e. The molecule has 1 fully saturated rings. The van der Waals surface area contributed by atoms with Gasteiger partial charge in [-0.15, -0.1) is 11.8 Å². The van der Waals surface area contributed by atoms with E-state index in [-0.39, 0.29) is 45.7 Å². The molecule has 30 heavy (non-hydrogen) atoms. The van der Waals surface area contributed by atoms with E-state index in [9.17, 15) is 9.59 Å². The quantitative estimate of drug-likeness (QED) is 0.446. The molecule has 2 aliphatic rings. The average Bonchev–Trinajstić information content (AvgIpc) is 3.11. The number of pyridine rings is 1. The van der Waals surface area contributed by atoms with Crippen molar-refractivity contribution in [2.75, 3.05) is 0 Å². The minimum Gasteiger partial charge on any atom is -1.00 e. The van der Waals surface area contributed by atoms with Crippen LogP contribution in [0.1, 0.15) is 38.2 Å². The fraction of sp³-hybridized carbons (Fsp3) is 0.190. The number of nitrogens with one attached hydrogen (secondary N) is 1. The molecule has 1 amide bonds. The van der Waals surface area contributed by atoms with Crippen molar-refractivity contribution in [1.29, 1.82) is 0 Å². The van der Waals surface area contributed by atoms with Crippen molar-refractivity contribution in [3.63, 3.8) is 0 Å². The van der Waals surface area contributed by atoms with Gasteiger partial charge in [-0.25, -0.2) is 0 Å². The predicted molar refractivity (Wildman–Crippen MR) is 115 cm³/mol. The number of amides is 1. The lowest BCUT2D eigenvalue weighted by atomic mass is 10.1. The Labute approximate surface area is 199 Å². The van der Waals surface area contributed by atoms with Crippen LogP contribution >= 0.6 is 35.0 Å². The summed E-state index contributed by atoms with van der Waals surface area (Å²) in [6.45, 7) is -0.0570. The van der Waals surface area contributed by atoms with Crippen LogP contribution in [0.3, 0.4) is 0 Å². The van der Waals surface area contributed by atoms with Crippen molar-refractivity contribution >= 4 is 46.7 Å². The van der Waals surface area contributed by atoms with Crippen LogP contribution in [0.2, 0.25) is 10.0 Å². The number of primary amides is 1. The SMILES string of the molecule is NC(=O)c1c(C2NC3CC=CC=C3S2)ccc[n+]1CC(=O)c1ccc(Cl)cc1Cl.[Br-]. The van der Waals surface area contributed by atoms with Gasteiger partial charge in [-0.3, -0.25) is 14.9 Å². The Morgan fingerprint density at radius 2 is 2.07 bits per heavy atom. The first-order valence-electron chi connectivity index (χ1n) is 9.04. The molecular formula is C21H18BrCl2N3O2S. The molecule has 156 valence electrons. The number of hydrogen-bond acceptors (Lipinski definition) is 4. The average molecular weight is 527 g/mol. The fourth-order valence-corrected chi connectivity index (χ4v) is 5.36. The highest BCUT2D eigenvalue weighted by Crippen LogP contribution is 2.43. The first-order valence-corrected chi connectivity index (χ1v) is 10.7. The topological polar surface area (TPSA) is 76.1 Å². The van der Waals surface area contributed by atoms with Gasteiger partial charge < -0.3 is 22.7 Å². The van der Waals surface area contributed by atoms with E-state index in [2.05, 4.69) is 17.5 Å². The number of nitrogens with zero attached hydrogens (tertiary/aromatic N) is 1. The number of hydrogen-bond donors (Lipinski definition) is 2. The zero-order valence-corrected chi connectivity index (χ0v) is 19.6. The molecule has 2 atom stereocenters. The number of nitrogens with two attached hydrogens (primary N) is 1. The Kier molecular flexibility index (Phi) is 7.42. The summed E-state index contributed by atoms with van der Waals surface area (Å²) in [7, 11) is 0. The highest BCUT2D eigenvalue weighted by molar-refractivity contribution is 8.03. The van der Waals surface area contributed by atoms with E-state index in [0.717, 1.165) is 12.0 Å². The summed E-state index contributed by atoms with van der Waals surface area (Å²) in [4.78, 5) is 26.4. The van der Waals surface area contributed by atoms with Crippen LogP contribution in [0.25, 0.3) is 0 Å². The summed E-state index contributed by atoms with van der Waals surface area (Å²) >= 11 is 13.7. The molecule has 9 heteroatoms. The lowest BCUT2D eigenvalue weighted by molar-refractivity contribution is -0.685. The van der Waals surface area contributed by atoms with Crippen LogP contribution in [0, 0.1) is 0 Å². The molecule has 1 aromatic heterocycles.